The highest BCUT2D eigenvalue weighted by Crippen LogP contribution is 2.27. The zero-order valence-corrected chi connectivity index (χ0v) is 15.6. The first kappa shape index (κ1) is 19.3. The molecule has 0 spiro atoms. The van der Waals surface area contributed by atoms with Crippen LogP contribution in [-0.4, -0.2) is 35.2 Å². The molecule has 0 aliphatic carbocycles. The molecule has 5 heteroatoms. The second-order valence-corrected chi connectivity index (χ2v) is 7.81. The molecule has 0 saturated carbocycles. The van der Waals surface area contributed by atoms with Gasteiger partial charge in [-0.3, -0.25) is 0 Å². The van der Waals surface area contributed by atoms with Crippen LogP contribution in [0.2, 0.25) is 0 Å². The smallest absolute Gasteiger partial charge is 0.410 e. The average Bonchev–Trinajstić information content (AvgIpc) is 2.46. The van der Waals surface area contributed by atoms with Crippen LogP contribution in [0.1, 0.15) is 47.0 Å². The summed E-state index contributed by atoms with van der Waals surface area (Å²) in [6.45, 7) is 12.2. The number of piperidine rings is 1. The maximum absolute atomic E-state index is 13.5. The van der Waals surface area contributed by atoms with Crippen LogP contribution in [0.4, 0.5) is 14.9 Å². The van der Waals surface area contributed by atoms with Gasteiger partial charge in [-0.25, -0.2) is 9.18 Å². The Kier molecular flexibility index (Phi) is 6.09. The lowest BCUT2D eigenvalue weighted by Gasteiger charge is -2.42. The maximum atomic E-state index is 13.5. The first-order chi connectivity index (χ1) is 11.7. The van der Waals surface area contributed by atoms with Gasteiger partial charge in [0, 0.05) is 18.3 Å². The number of ether oxygens (including phenoxy) is 1. The number of nitrogens with zero attached hydrogens (tertiary/aromatic N) is 1. The SMILES string of the molecule is C=C(C)C[C@@H]1[C@H](Nc2cccc(F)c2)CCCN1C(=O)OC(C)(C)C. The quantitative estimate of drug-likeness (QED) is 0.781. The molecule has 1 heterocycles. The molecule has 138 valence electrons. The van der Waals surface area contributed by atoms with Gasteiger partial charge in [-0.2, -0.15) is 0 Å². The topological polar surface area (TPSA) is 41.6 Å². The van der Waals surface area contributed by atoms with E-state index in [0.29, 0.717) is 13.0 Å². The molecule has 1 aliphatic heterocycles. The molecule has 25 heavy (non-hydrogen) atoms. The Morgan fingerprint density at radius 2 is 2.16 bits per heavy atom. The first-order valence-electron chi connectivity index (χ1n) is 8.82. The number of benzene rings is 1. The molecule has 1 aromatic rings. The molecule has 0 radical (unpaired) electrons. The third kappa shape index (κ3) is 5.76. The number of halogens is 1. The van der Waals surface area contributed by atoms with Crippen molar-refractivity contribution in [1.29, 1.82) is 0 Å². The van der Waals surface area contributed by atoms with Crippen molar-refractivity contribution < 1.29 is 13.9 Å². The van der Waals surface area contributed by atoms with Crippen LogP contribution in [0.25, 0.3) is 0 Å². The lowest BCUT2D eigenvalue weighted by molar-refractivity contribution is 0.00814. The highest BCUT2D eigenvalue weighted by Gasteiger charge is 2.36. The third-order valence-electron chi connectivity index (χ3n) is 4.14. The van der Waals surface area contributed by atoms with Gasteiger partial charge in [-0.1, -0.05) is 11.6 Å². The summed E-state index contributed by atoms with van der Waals surface area (Å²) in [4.78, 5) is 14.4. The molecule has 1 N–H and O–H groups in total. The largest absolute Gasteiger partial charge is 0.444 e. The minimum atomic E-state index is -0.534. The van der Waals surface area contributed by atoms with Crippen LogP contribution in [0.5, 0.6) is 0 Å². The standard InChI is InChI=1S/C20H29FN2O2/c1-14(2)12-18-17(22-16-9-6-8-15(21)13-16)10-7-11-23(18)19(24)25-20(3,4)5/h6,8-9,13,17-18,22H,1,7,10-12H2,2-5H3/t17-,18-/m1/s1. The molecule has 2 rings (SSSR count). The molecule has 1 saturated heterocycles. The van der Waals surface area contributed by atoms with Crippen molar-refractivity contribution in [3.05, 3.63) is 42.2 Å². The van der Waals surface area contributed by atoms with E-state index in [1.165, 1.54) is 12.1 Å². The van der Waals surface area contributed by atoms with Crippen LogP contribution in [0.3, 0.4) is 0 Å². The summed E-state index contributed by atoms with van der Waals surface area (Å²) < 4.78 is 19.1. The Balaban J connectivity index is 2.19. The first-order valence-corrected chi connectivity index (χ1v) is 8.82. The minimum absolute atomic E-state index is 0.0276. The maximum Gasteiger partial charge on any atom is 0.410 e. The normalized spacial score (nSPS) is 20.9. The van der Waals surface area contributed by atoms with Crippen LogP contribution in [-0.2, 0) is 4.74 Å². The fourth-order valence-corrected chi connectivity index (χ4v) is 3.17. The Morgan fingerprint density at radius 1 is 1.44 bits per heavy atom. The third-order valence-corrected chi connectivity index (χ3v) is 4.14. The average molecular weight is 348 g/mol. The molecule has 4 nitrogen and oxygen atoms in total. The van der Waals surface area contributed by atoms with Crippen LogP contribution >= 0.6 is 0 Å². The summed E-state index contributed by atoms with van der Waals surface area (Å²) in [5.74, 6) is -0.277. The van der Waals surface area contributed by atoms with E-state index in [4.69, 9.17) is 4.74 Å². The van der Waals surface area contributed by atoms with Crippen molar-refractivity contribution in [2.45, 2.75) is 64.6 Å². The van der Waals surface area contributed by atoms with Crippen LogP contribution in [0.15, 0.2) is 36.4 Å². The number of carbonyl (C=O) groups is 1. The zero-order valence-electron chi connectivity index (χ0n) is 15.6. The molecule has 0 bridgehead atoms. The van der Waals surface area contributed by atoms with Gasteiger partial charge in [0.1, 0.15) is 11.4 Å². The zero-order chi connectivity index (χ0) is 18.6. The molecule has 2 atom stereocenters. The Hall–Kier alpha value is -2.04. The number of rotatable bonds is 4. The van der Waals surface area contributed by atoms with E-state index in [2.05, 4.69) is 11.9 Å². The molecular formula is C20H29FN2O2. The van der Waals surface area contributed by atoms with Gasteiger partial charge in [0.05, 0.1) is 6.04 Å². The second kappa shape index (κ2) is 7.89. The van der Waals surface area contributed by atoms with Crippen molar-refractivity contribution >= 4 is 11.8 Å². The molecule has 1 aromatic carbocycles. The monoisotopic (exact) mass is 348 g/mol. The van der Waals surface area contributed by atoms with E-state index in [1.54, 1.807) is 11.0 Å². The Bertz CT molecular complexity index is 624. The van der Waals surface area contributed by atoms with Crippen molar-refractivity contribution in [1.82, 2.24) is 4.90 Å². The fraction of sp³-hybridized carbons (Fsp3) is 0.550. The van der Waals surface area contributed by atoms with Gasteiger partial charge in [0.2, 0.25) is 0 Å². The Labute approximate surface area is 150 Å². The summed E-state index contributed by atoms with van der Waals surface area (Å²) in [5, 5.41) is 3.39. The van der Waals surface area contributed by atoms with E-state index in [0.717, 1.165) is 24.1 Å². The van der Waals surface area contributed by atoms with E-state index in [9.17, 15) is 9.18 Å². The van der Waals surface area contributed by atoms with Crippen molar-refractivity contribution in [3.8, 4) is 0 Å². The molecular weight excluding hydrogens is 319 g/mol. The van der Waals surface area contributed by atoms with E-state index >= 15 is 0 Å². The predicted octanol–water partition coefficient (Wildman–Crippen LogP) is 4.97. The lowest BCUT2D eigenvalue weighted by Crippen LogP contribution is -2.54. The van der Waals surface area contributed by atoms with E-state index in [1.807, 2.05) is 33.8 Å². The van der Waals surface area contributed by atoms with Crippen molar-refractivity contribution in [2.24, 2.45) is 0 Å². The fourth-order valence-electron chi connectivity index (χ4n) is 3.17. The number of carbonyl (C=O) groups excluding carboxylic acids is 1. The van der Waals surface area contributed by atoms with Gasteiger partial charge in [0.15, 0.2) is 0 Å². The highest BCUT2D eigenvalue weighted by molar-refractivity contribution is 5.69. The number of likely N-dealkylation sites (tertiary alicyclic amines) is 1. The molecule has 1 amide bonds. The number of nitrogens with one attached hydrogen (secondary N) is 1. The summed E-state index contributed by atoms with van der Waals surface area (Å²) in [5.41, 5.74) is 1.20. The molecule has 0 aromatic heterocycles. The number of anilines is 1. The van der Waals surface area contributed by atoms with Crippen LogP contribution in [0, 0.1) is 5.82 Å². The molecule has 1 aliphatic rings. The summed E-state index contributed by atoms with van der Waals surface area (Å²) >= 11 is 0. The molecule has 0 unspecified atom stereocenters. The summed E-state index contributed by atoms with van der Waals surface area (Å²) in [6.07, 6.45) is 2.17. The van der Waals surface area contributed by atoms with Gasteiger partial charge < -0.3 is 15.0 Å². The molecule has 1 fully saturated rings. The van der Waals surface area contributed by atoms with E-state index < -0.39 is 5.60 Å². The van der Waals surface area contributed by atoms with Gasteiger partial charge in [-0.15, -0.1) is 6.58 Å². The van der Waals surface area contributed by atoms with Gasteiger partial charge in [-0.05, 0) is 65.2 Å². The summed E-state index contributed by atoms with van der Waals surface area (Å²) in [6, 6.07) is 6.38. The summed E-state index contributed by atoms with van der Waals surface area (Å²) in [7, 11) is 0. The van der Waals surface area contributed by atoms with Gasteiger partial charge in [0.25, 0.3) is 0 Å². The van der Waals surface area contributed by atoms with E-state index in [-0.39, 0.29) is 24.0 Å². The number of hydrogen-bond donors (Lipinski definition) is 1. The number of hydrogen-bond acceptors (Lipinski definition) is 3. The Morgan fingerprint density at radius 3 is 2.76 bits per heavy atom. The minimum Gasteiger partial charge on any atom is -0.444 e. The highest BCUT2D eigenvalue weighted by atomic mass is 19.1. The van der Waals surface area contributed by atoms with Crippen molar-refractivity contribution in [3.63, 3.8) is 0 Å². The van der Waals surface area contributed by atoms with Crippen LogP contribution < -0.4 is 5.32 Å². The van der Waals surface area contributed by atoms with Crippen molar-refractivity contribution in [2.75, 3.05) is 11.9 Å². The predicted molar refractivity (Wildman–Crippen MR) is 99.2 cm³/mol. The second-order valence-electron chi connectivity index (χ2n) is 7.81. The lowest BCUT2D eigenvalue weighted by atomic mass is 9.91. The number of amides is 1. The van der Waals surface area contributed by atoms with Gasteiger partial charge >= 0.3 is 6.09 Å².